The van der Waals surface area contributed by atoms with Crippen molar-refractivity contribution < 1.29 is 23.8 Å². The predicted octanol–water partition coefficient (Wildman–Crippen LogP) is 3.03. The highest BCUT2D eigenvalue weighted by Crippen LogP contribution is 2.30. The molecule has 0 N–H and O–H groups in total. The fourth-order valence-corrected chi connectivity index (χ4v) is 2.73. The Labute approximate surface area is 142 Å². The van der Waals surface area contributed by atoms with Gasteiger partial charge in [-0.25, -0.2) is 9.79 Å². The first-order valence-corrected chi connectivity index (χ1v) is 7.87. The van der Waals surface area contributed by atoms with Gasteiger partial charge in [0.05, 0.1) is 12.0 Å². The van der Waals surface area contributed by atoms with E-state index >= 15 is 0 Å². The number of aliphatic imine (C=N–C) groups is 1. The summed E-state index contributed by atoms with van der Waals surface area (Å²) in [5, 5.41) is 1.88. The van der Waals surface area contributed by atoms with Crippen LogP contribution in [0.4, 0.5) is 0 Å². The van der Waals surface area contributed by atoms with Gasteiger partial charge in [-0.05, 0) is 35.2 Å². The molecule has 0 spiro atoms. The number of benzene rings is 1. The molecule has 24 heavy (non-hydrogen) atoms. The molecule has 1 aromatic heterocycles. The maximum absolute atomic E-state index is 12.0. The highest BCUT2D eigenvalue weighted by Gasteiger charge is 2.24. The molecule has 6 nitrogen and oxygen atoms in total. The van der Waals surface area contributed by atoms with E-state index in [-0.39, 0.29) is 5.70 Å². The van der Waals surface area contributed by atoms with Gasteiger partial charge < -0.3 is 14.2 Å². The summed E-state index contributed by atoms with van der Waals surface area (Å²) in [6.07, 6.45) is 1.59. The van der Waals surface area contributed by atoms with E-state index in [4.69, 9.17) is 14.2 Å². The van der Waals surface area contributed by atoms with Crippen LogP contribution in [-0.4, -0.2) is 24.9 Å². The summed E-state index contributed by atoms with van der Waals surface area (Å²) in [5.74, 6) is 0.0347. The van der Waals surface area contributed by atoms with E-state index < -0.39 is 11.9 Å². The lowest BCUT2D eigenvalue weighted by molar-refractivity contribution is -0.132. The minimum atomic E-state index is -0.513. The molecule has 0 aliphatic carbocycles. The summed E-state index contributed by atoms with van der Waals surface area (Å²) in [5.41, 5.74) is 0.867. The molecule has 0 amide bonds. The quantitative estimate of drug-likeness (QED) is 0.485. The standard InChI is InChI=1S/C17H13NO5S/c1-10(19)22-13-6-5-11(9-14(13)21-2)8-12-17(20)23-16(18-12)15-4-3-7-24-15/h3-9H,1-2H3/b12-8-. The Morgan fingerprint density at radius 3 is 2.79 bits per heavy atom. The summed E-state index contributed by atoms with van der Waals surface area (Å²) in [6, 6.07) is 8.63. The van der Waals surface area contributed by atoms with Crippen LogP contribution >= 0.6 is 11.3 Å². The first-order valence-electron chi connectivity index (χ1n) is 6.99. The lowest BCUT2D eigenvalue weighted by Crippen LogP contribution is -2.04. The van der Waals surface area contributed by atoms with E-state index in [1.807, 2.05) is 17.5 Å². The second-order valence-electron chi connectivity index (χ2n) is 4.82. The normalized spacial score (nSPS) is 15.2. The zero-order valence-electron chi connectivity index (χ0n) is 12.9. The van der Waals surface area contributed by atoms with Crippen molar-refractivity contribution in [2.24, 2.45) is 4.99 Å². The van der Waals surface area contributed by atoms with E-state index in [1.165, 1.54) is 25.4 Å². The Hall–Kier alpha value is -2.93. The van der Waals surface area contributed by atoms with Crippen LogP contribution in [-0.2, 0) is 14.3 Å². The molecular formula is C17H13NO5S. The van der Waals surface area contributed by atoms with Gasteiger partial charge in [0, 0.05) is 6.92 Å². The molecule has 3 rings (SSSR count). The van der Waals surface area contributed by atoms with Crippen molar-refractivity contribution in [3.63, 3.8) is 0 Å². The molecule has 2 heterocycles. The largest absolute Gasteiger partial charge is 0.493 e. The van der Waals surface area contributed by atoms with Gasteiger partial charge in [-0.1, -0.05) is 12.1 Å². The van der Waals surface area contributed by atoms with Crippen molar-refractivity contribution in [2.75, 3.05) is 7.11 Å². The summed E-state index contributed by atoms with van der Waals surface area (Å²) >= 11 is 1.44. The van der Waals surface area contributed by atoms with Gasteiger partial charge in [0.2, 0.25) is 5.90 Å². The fraction of sp³-hybridized carbons (Fsp3) is 0.118. The van der Waals surface area contributed by atoms with E-state index in [1.54, 1.807) is 24.3 Å². The van der Waals surface area contributed by atoms with Gasteiger partial charge in [-0.2, -0.15) is 0 Å². The third kappa shape index (κ3) is 3.36. The summed E-state index contributed by atoms with van der Waals surface area (Å²) in [4.78, 5) is 28.0. The maximum Gasteiger partial charge on any atom is 0.363 e. The fourth-order valence-electron chi connectivity index (χ4n) is 2.09. The van der Waals surface area contributed by atoms with Crippen molar-refractivity contribution in [3.05, 3.63) is 51.8 Å². The monoisotopic (exact) mass is 343 g/mol. The van der Waals surface area contributed by atoms with Crippen molar-refractivity contribution in [1.29, 1.82) is 0 Å². The van der Waals surface area contributed by atoms with Crippen LogP contribution < -0.4 is 9.47 Å². The van der Waals surface area contributed by atoms with E-state index in [9.17, 15) is 9.59 Å². The predicted molar refractivity (Wildman–Crippen MR) is 89.2 cm³/mol. The number of methoxy groups -OCH3 is 1. The molecular weight excluding hydrogens is 330 g/mol. The summed E-state index contributed by atoms with van der Waals surface area (Å²) in [7, 11) is 1.47. The SMILES string of the molecule is COc1cc(/C=C2\N=C(c3cccs3)OC2=O)ccc1OC(C)=O. The van der Waals surface area contributed by atoms with Crippen LogP contribution in [0.3, 0.4) is 0 Å². The molecule has 2 aromatic rings. The van der Waals surface area contributed by atoms with E-state index in [2.05, 4.69) is 4.99 Å². The molecule has 0 saturated heterocycles. The van der Waals surface area contributed by atoms with E-state index in [0.717, 1.165) is 4.88 Å². The van der Waals surface area contributed by atoms with Gasteiger partial charge in [-0.15, -0.1) is 11.3 Å². The summed E-state index contributed by atoms with van der Waals surface area (Å²) in [6.45, 7) is 1.31. The molecule has 7 heteroatoms. The number of cyclic esters (lactones) is 1. The molecule has 122 valence electrons. The van der Waals surface area contributed by atoms with E-state index in [0.29, 0.717) is 23.0 Å². The van der Waals surface area contributed by atoms with Crippen molar-refractivity contribution in [3.8, 4) is 11.5 Å². The number of rotatable bonds is 4. The molecule has 1 aromatic carbocycles. The number of ether oxygens (including phenoxy) is 3. The smallest absolute Gasteiger partial charge is 0.363 e. The van der Waals surface area contributed by atoms with Gasteiger partial charge in [-0.3, -0.25) is 4.79 Å². The number of hydrogen-bond acceptors (Lipinski definition) is 7. The van der Waals surface area contributed by atoms with Crippen LogP contribution in [0.5, 0.6) is 11.5 Å². The van der Waals surface area contributed by atoms with Crippen LogP contribution in [0, 0.1) is 0 Å². The summed E-state index contributed by atoms with van der Waals surface area (Å²) < 4.78 is 15.4. The van der Waals surface area contributed by atoms with Gasteiger partial charge in [0.25, 0.3) is 0 Å². The number of hydrogen-bond donors (Lipinski definition) is 0. The molecule has 1 aliphatic heterocycles. The minimum Gasteiger partial charge on any atom is -0.493 e. The first-order chi connectivity index (χ1) is 11.6. The number of thiophene rings is 1. The molecule has 0 bridgehead atoms. The van der Waals surface area contributed by atoms with Gasteiger partial charge >= 0.3 is 11.9 Å². The highest BCUT2D eigenvalue weighted by atomic mass is 32.1. The van der Waals surface area contributed by atoms with Crippen molar-refractivity contribution in [1.82, 2.24) is 0 Å². The molecule has 0 atom stereocenters. The van der Waals surface area contributed by atoms with Gasteiger partial charge in [0.15, 0.2) is 17.2 Å². The second-order valence-corrected chi connectivity index (χ2v) is 5.76. The van der Waals surface area contributed by atoms with Crippen LogP contribution in [0.1, 0.15) is 17.4 Å². The number of carbonyl (C=O) groups is 2. The molecule has 0 radical (unpaired) electrons. The molecule has 0 fully saturated rings. The van der Waals surface area contributed by atoms with Crippen LogP contribution in [0.2, 0.25) is 0 Å². The Bertz CT molecular complexity index is 852. The zero-order valence-corrected chi connectivity index (χ0v) is 13.8. The number of carbonyl (C=O) groups excluding carboxylic acids is 2. The molecule has 0 unspecified atom stereocenters. The Kier molecular flexibility index (Phi) is 4.43. The zero-order chi connectivity index (χ0) is 17.1. The maximum atomic E-state index is 12.0. The lowest BCUT2D eigenvalue weighted by atomic mass is 10.1. The third-order valence-electron chi connectivity index (χ3n) is 3.10. The van der Waals surface area contributed by atoms with Crippen LogP contribution in [0.15, 0.2) is 46.4 Å². The van der Waals surface area contributed by atoms with Crippen LogP contribution in [0.25, 0.3) is 6.08 Å². The average Bonchev–Trinajstić information content (AvgIpc) is 3.19. The number of nitrogens with zero attached hydrogens (tertiary/aromatic N) is 1. The van der Waals surface area contributed by atoms with Crippen molar-refractivity contribution >= 4 is 35.2 Å². The van der Waals surface area contributed by atoms with Gasteiger partial charge in [0.1, 0.15) is 0 Å². The molecule has 1 aliphatic rings. The Morgan fingerprint density at radius 2 is 2.12 bits per heavy atom. The third-order valence-corrected chi connectivity index (χ3v) is 3.96. The minimum absolute atomic E-state index is 0.195. The van der Waals surface area contributed by atoms with Crippen molar-refractivity contribution in [2.45, 2.75) is 6.92 Å². The molecule has 0 saturated carbocycles. The topological polar surface area (TPSA) is 74.2 Å². The Balaban J connectivity index is 1.90. The lowest BCUT2D eigenvalue weighted by Gasteiger charge is -2.08. The average molecular weight is 343 g/mol. The second kappa shape index (κ2) is 6.67. The highest BCUT2D eigenvalue weighted by molar-refractivity contribution is 7.12. The Morgan fingerprint density at radius 1 is 1.29 bits per heavy atom. The first kappa shape index (κ1) is 15.9. The number of esters is 2.